The van der Waals surface area contributed by atoms with Crippen molar-refractivity contribution >= 4 is 23.5 Å². The highest BCUT2D eigenvalue weighted by Gasteiger charge is 2.28. The van der Waals surface area contributed by atoms with Crippen LogP contribution in [0.1, 0.15) is 44.1 Å². The summed E-state index contributed by atoms with van der Waals surface area (Å²) in [5.74, 6) is -1.27. The van der Waals surface area contributed by atoms with Crippen molar-refractivity contribution in [1.82, 2.24) is 5.32 Å². The lowest BCUT2D eigenvalue weighted by molar-refractivity contribution is -0.142. The van der Waals surface area contributed by atoms with Gasteiger partial charge in [0.1, 0.15) is 0 Å². The summed E-state index contributed by atoms with van der Waals surface area (Å²) in [6, 6.07) is 7.80. The Kier molecular flexibility index (Phi) is 5.36. The van der Waals surface area contributed by atoms with E-state index >= 15 is 0 Å². The van der Waals surface area contributed by atoms with Crippen molar-refractivity contribution in [2.75, 3.05) is 5.32 Å². The van der Waals surface area contributed by atoms with Gasteiger partial charge in [0.05, 0.1) is 5.92 Å². The molecule has 0 saturated heterocycles. The number of nitrogens with one attached hydrogen (secondary N) is 2. The third kappa shape index (κ3) is 4.38. The maximum atomic E-state index is 12.2. The Bertz CT molecular complexity index is 665. The Hall–Kier alpha value is -2.37. The second-order valence-corrected chi connectivity index (χ2v) is 7.04. The maximum Gasteiger partial charge on any atom is 0.306 e. The fraction of sp³-hybridized carbons (Fsp3) is 0.526. The van der Waals surface area contributed by atoms with Crippen LogP contribution in [0.25, 0.3) is 0 Å². The number of hydrogen-bond acceptors (Lipinski definition) is 3. The van der Waals surface area contributed by atoms with Gasteiger partial charge in [-0.2, -0.15) is 0 Å². The van der Waals surface area contributed by atoms with Crippen molar-refractivity contribution in [3.63, 3.8) is 0 Å². The van der Waals surface area contributed by atoms with E-state index in [0.717, 1.165) is 11.3 Å². The van der Waals surface area contributed by atoms with Crippen LogP contribution in [0.15, 0.2) is 24.3 Å². The summed E-state index contributed by atoms with van der Waals surface area (Å²) in [6.07, 6.45) is 4.15. The zero-order valence-electron chi connectivity index (χ0n) is 14.2. The minimum absolute atomic E-state index is 0.0199. The first-order valence-corrected chi connectivity index (χ1v) is 8.94. The van der Waals surface area contributed by atoms with E-state index in [9.17, 15) is 14.4 Å². The number of fused-ring (bicyclic) bond motifs is 1. The smallest absolute Gasteiger partial charge is 0.306 e. The zero-order chi connectivity index (χ0) is 17.8. The van der Waals surface area contributed by atoms with Crippen molar-refractivity contribution in [3.05, 3.63) is 29.8 Å². The van der Waals surface area contributed by atoms with Crippen LogP contribution in [0, 0.1) is 11.8 Å². The molecule has 0 radical (unpaired) electrons. The molecule has 1 saturated carbocycles. The Morgan fingerprint density at radius 2 is 1.88 bits per heavy atom. The number of carboxylic acids is 1. The number of carbonyl (C=O) groups excluding carboxylic acids is 2. The number of para-hydroxylation sites is 1. The van der Waals surface area contributed by atoms with Crippen LogP contribution in [-0.2, 0) is 20.8 Å². The van der Waals surface area contributed by atoms with E-state index in [1.54, 1.807) is 0 Å². The van der Waals surface area contributed by atoms with Crippen LogP contribution in [-0.4, -0.2) is 28.9 Å². The number of anilines is 1. The van der Waals surface area contributed by atoms with Gasteiger partial charge in [-0.3, -0.25) is 14.4 Å². The van der Waals surface area contributed by atoms with E-state index in [-0.39, 0.29) is 29.7 Å². The number of rotatable bonds is 5. The highest BCUT2D eigenvalue weighted by Crippen LogP contribution is 2.28. The van der Waals surface area contributed by atoms with Gasteiger partial charge in [-0.15, -0.1) is 0 Å². The molecule has 1 aliphatic heterocycles. The molecule has 1 aromatic carbocycles. The van der Waals surface area contributed by atoms with Gasteiger partial charge in [-0.25, -0.2) is 0 Å². The molecule has 134 valence electrons. The zero-order valence-corrected chi connectivity index (χ0v) is 14.2. The fourth-order valence-corrected chi connectivity index (χ4v) is 3.74. The predicted octanol–water partition coefficient (Wildman–Crippen LogP) is 2.34. The number of hydrogen-bond donors (Lipinski definition) is 3. The van der Waals surface area contributed by atoms with Crippen molar-refractivity contribution in [3.8, 4) is 0 Å². The standard InChI is InChI=1S/C19H24N2O4/c22-17(20-15-8-5-12(6-9-15)19(24)25)10-7-14-11-13-3-1-2-4-16(13)21-18(14)23/h1-4,12,14-15H,5-11H2,(H,20,22)(H,21,23)(H,24,25). The first-order valence-electron chi connectivity index (χ1n) is 8.94. The highest BCUT2D eigenvalue weighted by molar-refractivity contribution is 5.96. The van der Waals surface area contributed by atoms with E-state index < -0.39 is 5.97 Å². The van der Waals surface area contributed by atoms with Crippen molar-refractivity contribution < 1.29 is 19.5 Å². The molecule has 0 aromatic heterocycles. The minimum atomic E-state index is -0.742. The summed E-state index contributed by atoms with van der Waals surface area (Å²) in [6.45, 7) is 0. The highest BCUT2D eigenvalue weighted by atomic mass is 16.4. The average Bonchev–Trinajstić information content (AvgIpc) is 2.60. The molecule has 0 bridgehead atoms. The van der Waals surface area contributed by atoms with Crippen molar-refractivity contribution in [1.29, 1.82) is 0 Å². The van der Waals surface area contributed by atoms with Gasteiger partial charge < -0.3 is 15.7 Å². The summed E-state index contributed by atoms with van der Waals surface area (Å²) >= 11 is 0. The molecule has 1 atom stereocenters. The number of aliphatic carboxylic acids is 1. The van der Waals surface area contributed by atoms with Gasteiger partial charge in [0, 0.05) is 24.1 Å². The molecule has 3 rings (SSSR count). The lowest BCUT2D eigenvalue weighted by Gasteiger charge is -2.27. The Morgan fingerprint density at radius 3 is 2.60 bits per heavy atom. The summed E-state index contributed by atoms with van der Waals surface area (Å²) in [5.41, 5.74) is 1.97. The van der Waals surface area contributed by atoms with Crippen molar-refractivity contribution in [2.45, 2.75) is 51.0 Å². The van der Waals surface area contributed by atoms with Crippen molar-refractivity contribution in [2.24, 2.45) is 11.8 Å². The van der Waals surface area contributed by atoms with E-state index in [0.29, 0.717) is 44.9 Å². The number of carbonyl (C=O) groups is 3. The largest absolute Gasteiger partial charge is 0.481 e. The molecule has 25 heavy (non-hydrogen) atoms. The summed E-state index contributed by atoms with van der Waals surface area (Å²) in [7, 11) is 0. The van der Waals surface area contributed by atoms with Crippen LogP contribution < -0.4 is 10.6 Å². The number of benzene rings is 1. The molecule has 0 spiro atoms. The van der Waals surface area contributed by atoms with Crippen LogP contribution in [0.3, 0.4) is 0 Å². The Labute approximate surface area is 147 Å². The minimum Gasteiger partial charge on any atom is -0.481 e. The third-order valence-electron chi connectivity index (χ3n) is 5.27. The lowest BCUT2D eigenvalue weighted by atomic mass is 9.86. The van der Waals surface area contributed by atoms with Crippen LogP contribution >= 0.6 is 0 Å². The second kappa shape index (κ2) is 7.68. The Balaban J connectivity index is 1.44. The van der Waals surface area contributed by atoms with Gasteiger partial charge in [-0.05, 0) is 50.2 Å². The molecular weight excluding hydrogens is 320 g/mol. The Morgan fingerprint density at radius 1 is 1.16 bits per heavy atom. The first kappa shape index (κ1) is 17.5. The average molecular weight is 344 g/mol. The first-order chi connectivity index (χ1) is 12.0. The second-order valence-electron chi connectivity index (χ2n) is 7.04. The fourth-order valence-electron chi connectivity index (χ4n) is 3.74. The molecule has 1 aliphatic carbocycles. The molecule has 1 heterocycles. The van der Waals surface area contributed by atoms with Crippen LogP contribution in [0.5, 0.6) is 0 Å². The topological polar surface area (TPSA) is 95.5 Å². The third-order valence-corrected chi connectivity index (χ3v) is 5.27. The lowest BCUT2D eigenvalue weighted by Crippen LogP contribution is -2.39. The molecular formula is C19H24N2O4. The molecule has 1 fully saturated rings. The molecule has 1 aromatic rings. The summed E-state index contributed by atoms with van der Waals surface area (Å²) < 4.78 is 0. The SMILES string of the molecule is O=C(CCC1Cc2ccccc2NC1=O)NC1CCC(C(=O)O)CC1. The number of amides is 2. The molecule has 1 unspecified atom stereocenters. The maximum absolute atomic E-state index is 12.2. The quantitative estimate of drug-likeness (QED) is 0.764. The van der Waals surface area contributed by atoms with Gasteiger partial charge in [0.2, 0.25) is 11.8 Å². The van der Waals surface area contributed by atoms with Gasteiger partial charge in [-0.1, -0.05) is 18.2 Å². The van der Waals surface area contributed by atoms with E-state index in [2.05, 4.69) is 10.6 Å². The van der Waals surface area contributed by atoms with Crippen LogP contribution in [0.4, 0.5) is 5.69 Å². The molecule has 3 N–H and O–H groups in total. The molecule has 2 aliphatic rings. The molecule has 6 nitrogen and oxygen atoms in total. The molecule has 2 amide bonds. The number of carboxylic acid groups (broad SMARTS) is 1. The molecule has 6 heteroatoms. The van der Waals surface area contributed by atoms with Crippen LogP contribution in [0.2, 0.25) is 0 Å². The normalized spacial score (nSPS) is 25.6. The van der Waals surface area contributed by atoms with E-state index in [1.165, 1.54) is 0 Å². The monoisotopic (exact) mass is 344 g/mol. The summed E-state index contributed by atoms with van der Waals surface area (Å²) in [4.78, 5) is 35.3. The predicted molar refractivity (Wildman–Crippen MR) is 93.0 cm³/mol. The van der Waals surface area contributed by atoms with Gasteiger partial charge in [0.15, 0.2) is 0 Å². The summed E-state index contributed by atoms with van der Waals surface area (Å²) in [5, 5.41) is 14.9. The van der Waals surface area contributed by atoms with Gasteiger partial charge >= 0.3 is 5.97 Å². The van der Waals surface area contributed by atoms with E-state index in [1.807, 2.05) is 24.3 Å². The van der Waals surface area contributed by atoms with E-state index in [4.69, 9.17) is 5.11 Å². The van der Waals surface area contributed by atoms with Gasteiger partial charge in [0.25, 0.3) is 0 Å².